The molecule has 2 rings (SSSR count). The van der Waals surface area contributed by atoms with Crippen molar-refractivity contribution < 1.29 is 19.6 Å². The molecule has 8 heteroatoms. The molecule has 0 unspecified atom stereocenters. The quantitative estimate of drug-likeness (QED) is 0.636. The van der Waals surface area contributed by atoms with Crippen LogP contribution in [-0.2, 0) is 16.1 Å². The number of carbonyl (C=O) groups is 1. The summed E-state index contributed by atoms with van der Waals surface area (Å²) in [6, 6.07) is 4.26. The van der Waals surface area contributed by atoms with Crippen LogP contribution in [-0.4, -0.2) is 31.8 Å². The summed E-state index contributed by atoms with van der Waals surface area (Å²) in [5.74, 6) is -1.09. The van der Waals surface area contributed by atoms with Crippen molar-refractivity contribution in [1.29, 1.82) is 0 Å². The van der Waals surface area contributed by atoms with Gasteiger partial charge < -0.3 is 9.84 Å². The highest BCUT2D eigenvalue weighted by Gasteiger charge is 2.28. The fourth-order valence-corrected chi connectivity index (χ4v) is 1.59. The Kier molecular flexibility index (Phi) is 3.41. The molecule has 8 nitrogen and oxygen atoms in total. The molecule has 2 N–H and O–H groups in total. The number of carboxylic acids is 1. The molecule has 0 fully saturated rings. The molecule has 0 amide bonds. The summed E-state index contributed by atoms with van der Waals surface area (Å²) in [5, 5.41) is 26.9. The minimum Gasteiger partial charge on any atom is -0.479 e. The van der Waals surface area contributed by atoms with E-state index in [0.29, 0.717) is 16.6 Å². The summed E-state index contributed by atoms with van der Waals surface area (Å²) in [5.41, 5.74) is -0.351. The number of rotatable bonds is 5. The number of benzene rings is 1. The van der Waals surface area contributed by atoms with Gasteiger partial charge in [0.15, 0.2) is 5.60 Å². The lowest BCUT2D eigenvalue weighted by molar-refractivity contribution is -0.384. The van der Waals surface area contributed by atoms with Crippen LogP contribution in [0.2, 0.25) is 0 Å². The second-order valence-corrected chi connectivity index (χ2v) is 4.76. The summed E-state index contributed by atoms with van der Waals surface area (Å²) in [4.78, 5) is 21.2. The van der Waals surface area contributed by atoms with E-state index < -0.39 is 16.5 Å². The third-order valence-electron chi connectivity index (χ3n) is 2.92. The number of nitro groups is 1. The monoisotopic (exact) mass is 279 g/mol. The fourth-order valence-electron chi connectivity index (χ4n) is 1.59. The molecule has 0 saturated carbocycles. The minimum absolute atomic E-state index is 0.0308. The molecule has 0 atom stereocenters. The van der Waals surface area contributed by atoms with Gasteiger partial charge in [0.05, 0.1) is 22.7 Å². The number of fused-ring (bicyclic) bond motifs is 1. The zero-order valence-corrected chi connectivity index (χ0v) is 10.9. The van der Waals surface area contributed by atoms with E-state index >= 15 is 0 Å². The third-order valence-corrected chi connectivity index (χ3v) is 2.92. The van der Waals surface area contributed by atoms with Crippen molar-refractivity contribution in [2.75, 3.05) is 0 Å². The van der Waals surface area contributed by atoms with E-state index in [9.17, 15) is 14.9 Å². The predicted octanol–water partition coefficient (Wildman–Crippen LogP) is 1.85. The fraction of sp³-hybridized carbons (Fsp3) is 0.333. The van der Waals surface area contributed by atoms with Gasteiger partial charge in [0.1, 0.15) is 0 Å². The van der Waals surface area contributed by atoms with Crippen LogP contribution in [0.3, 0.4) is 0 Å². The first-order valence-electron chi connectivity index (χ1n) is 5.80. The normalized spacial score (nSPS) is 11.7. The average Bonchev–Trinajstić information content (AvgIpc) is 2.78. The van der Waals surface area contributed by atoms with E-state index in [1.165, 1.54) is 32.0 Å². The summed E-state index contributed by atoms with van der Waals surface area (Å²) in [7, 11) is 0. The molecule has 106 valence electrons. The summed E-state index contributed by atoms with van der Waals surface area (Å²) < 4.78 is 5.30. The van der Waals surface area contributed by atoms with E-state index in [1.54, 1.807) is 0 Å². The molecule has 0 saturated heterocycles. The zero-order chi connectivity index (χ0) is 14.9. The molecule has 0 radical (unpaired) electrons. The maximum Gasteiger partial charge on any atom is 0.335 e. The third kappa shape index (κ3) is 2.59. The topological polar surface area (TPSA) is 118 Å². The molecule has 0 spiro atoms. The van der Waals surface area contributed by atoms with E-state index in [0.717, 1.165) is 0 Å². The Balaban J connectivity index is 2.29. The standard InChI is InChI=1S/C12H13N3O5/c1-12(2,11(16)17)20-6-10-8-5-7(15(18)19)3-4-9(8)13-14-10/h3-5H,6H2,1-2H3,(H,13,14)(H,16,17). The van der Waals surface area contributed by atoms with Gasteiger partial charge in [-0.05, 0) is 19.9 Å². The summed E-state index contributed by atoms with van der Waals surface area (Å²) in [6.07, 6.45) is 0. The molecular formula is C12H13N3O5. The van der Waals surface area contributed by atoms with Crippen LogP contribution in [0.5, 0.6) is 0 Å². The van der Waals surface area contributed by atoms with Crippen molar-refractivity contribution in [3.63, 3.8) is 0 Å². The van der Waals surface area contributed by atoms with Crippen LogP contribution in [0.15, 0.2) is 18.2 Å². The highest BCUT2D eigenvalue weighted by atomic mass is 16.6. The van der Waals surface area contributed by atoms with Crippen LogP contribution in [0.4, 0.5) is 5.69 Å². The van der Waals surface area contributed by atoms with Crippen LogP contribution < -0.4 is 0 Å². The second kappa shape index (κ2) is 4.89. The largest absolute Gasteiger partial charge is 0.479 e. The zero-order valence-electron chi connectivity index (χ0n) is 10.9. The van der Waals surface area contributed by atoms with Gasteiger partial charge in [-0.15, -0.1) is 0 Å². The van der Waals surface area contributed by atoms with Gasteiger partial charge in [-0.2, -0.15) is 5.10 Å². The molecular weight excluding hydrogens is 266 g/mol. The number of hydrogen-bond donors (Lipinski definition) is 2. The Morgan fingerprint density at radius 3 is 2.85 bits per heavy atom. The van der Waals surface area contributed by atoms with Gasteiger partial charge >= 0.3 is 5.97 Å². The molecule has 1 heterocycles. The van der Waals surface area contributed by atoms with E-state index in [4.69, 9.17) is 9.84 Å². The molecule has 0 bridgehead atoms. The van der Waals surface area contributed by atoms with Crippen molar-refractivity contribution in [2.24, 2.45) is 0 Å². The number of aromatic nitrogens is 2. The van der Waals surface area contributed by atoms with Crippen molar-refractivity contribution >= 4 is 22.6 Å². The number of ether oxygens (including phenoxy) is 1. The Labute approximate surface area is 113 Å². The van der Waals surface area contributed by atoms with Gasteiger partial charge in [0.2, 0.25) is 0 Å². The second-order valence-electron chi connectivity index (χ2n) is 4.76. The summed E-state index contributed by atoms with van der Waals surface area (Å²) in [6.45, 7) is 2.82. The number of H-pyrrole nitrogens is 1. The Hall–Kier alpha value is -2.48. The minimum atomic E-state index is -1.35. The maximum atomic E-state index is 10.9. The van der Waals surface area contributed by atoms with Crippen LogP contribution >= 0.6 is 0 Å². The number of non-ortho nitro benzene ring substituents is 1. The van der Waals surface area contributed by atoms with Crippen molar-refractivity contribution in [3.8, 4) is 0 Å². The smallest absolute Gasteiger partial charge is 0.335 e. The van der Waals surface area contributed by atoms with Gasteiger partial charge in [-0.25, -0.2) is 4.79 Å². The number of nitrogens with one attached hydrogen (secondary N) is 1. The number of nitro benzene ring substituents is 1. The van der Waals surface area contributed by atoms with Crippen molar-refractivity contribution in [1.82, 2.24) is 10.2 Å². The van der Waals surface area contributed by atoms with Gasteiger partial charge in [0, 0.05) is 17.5 Å². The molecule has 1 aromatic carbocycles. The molecule has 0 aliphatic rings. The lowest BCUT2D eigenvalue weighted by atomic mass is 10.1. The average molecular weight is 279 g/mol. The molecule has 0 aliphatic heterocycles. The highest BCUT2D eigenvalue weighted by Crippen LogP contribution is 2.23. The van der Waals surface area contributed by atoms with Crippen molar-refractivity contribution in [3.05, 3.63) is 34.0 Å². The van der Waals surface area contributed by atoms with Gasteiger partial charge in [-0.1, -0.05) is 0 Å². The maximum absolute atomic E-state index is 10.9. The molecule has 0 aliphatic carbocycles. The number of carboxylic acid groups (broad SMARTS) is 1. The molecule has 20 heavy (non-hydrogen) atoms. The number of aliphatic carboxylic acids is 1. The lowest BCUT2D eigenvalue weighted by Crippen LogP contribution is -2.34. The van der Waals surface area contributed by atoms with Crippen LogP contribution in [0, 0.1) is 10.1 Å². The van der Waals surface area contributed by atoms with E-state index in [-0.39, 0.29) is 12.3 Å². The number of nitrogens with zero attached hydrogens (tertiary/aromatic N) is 2. The van der Waals surface area contributed by atoms with Gasteiger partial charge in [-0.3, -0.25) is 15.2 Å². The van der Waals surface area contributed by atoms with E-state index in [1.807, 2.05) is 0 Å². The molecule has 1 aromatic heterocycles. The number of hydrogen-bond acceptors (Lipinski definition) is 5. The highest BCUT2D eigenvalue weighted by molar-refractivity contribution is 5.83. The first-order chi connectivity index (χ1) is 9.31. The van der Waals surface area contributed by atoms with Crippen molar-refractivity contribution in [2.45, 2.75) is 26.1 Å². The molecule has 2 aromatic rings. The van der Waals surface area contributed by atoms with Gasteiger partial charge in [0.25, 0.3) is 5.69 Å². The first kappa shape index (κ1) is 13.9. The SMILES string of the molecule is CC(C)(OCc1[nH]nc2ccc([N+](=O)[O-])cc12)C(=O)O. The van der Waals surface area contributed by atoms with E-state index in [2.05, 4.69) is 10.2 Å². The predicted molar refractivity (Wildman–Crippen MR) is 69.3 cm³/mol. The lowest BCUT2D eigenvalue weighted by Gasteiger charge is -2.19. The first-order valence-corrected chi connectivity index (χ1v) is 5.80. The Morgan fingerprint density at radius 1 is 1.55 bits per heavy atom. The Morgan fingerprint density at radius 2 is 2.25 bits per heavy atom. The Bertz CT molecular complexity index is 677. The van der Waals surface area contributed by atoms with Crippen LogP contribution in [0.25, 0.3) is 10.9 Å². The summed E-state index contributed by atoms with van der Waals surface area (Å²) >= 11 is 0. The number of aromatic amines is 1. The van der Waals surface area contributed by atoms with Crippen LogP contribution in [0.1, 0.15) is 19.5 Å².